The number of aromatic nitrogens is 2. The molecule has 122 valence electrons. The SMILES string of the molecule is CC(C)(C)OC(=O)N1CCC(CSc2ncc(Cl)cn2)CC1. The van der Waals surface area contributed by atoms with Crippen LogP contribution in [0.4, 0.5) is 4.79 Å². The normalized spacial score (nSPS) is 16.6. The van der Waals surface area contributed by atoms with Gasteiger partial charge in [-0.15, -0.1) is 0 Å². The molecule has 1 aliphatic rings. The van der Waals surface area contributed by atoms with E-state index in [1.165, 1.54) is 0 Å². The van der Waals surface area contributed by atoms with Crippen LogP contribution in [0.25, 0.3) is 0 Å². The van der Waals surface area contributed by atoms with Gasteiger partial charge in [0.05, 0.1) is 17.4 Å². The Hall–Kier alpha value is -1.01. The van der Waals surface area contributed by atoms with E-state index in [0.717, 1.165) is 36.8 Å². The van der Waals surface area contributed by atoms with Gasteiger partial charge in [0.25, 0.3) is 0 Å². The van der Waals surface area contributed by atoms with Crippen LogP contribution in [-0.2, 0) is 4.74 Å². The van der Waals surface area contributed by atoms with Gasteiger partial charge in [-0.3, -0.25) is 0 Å². The fraction of sp³-hybridized carbons (Fsp3) is 0.667. The number of amides is 1. The number of likely N-dealkylation sites (tertiary alicyclic amines) is 1. The summed E-state index contributed by atoms with van der Waals surface area (Å²) in [7, 11) is 0. The van der Waals surface area contributed by atoms with Crippen molar-refractivity contribution < 1.29 is 9.53 Å². The van der Waals surface area contributed by atoms with Gasteiger partial charge >= 0.3 is 6.09 Å². The monoisotopic (exact) mass is 343 g/mol. The highest BCUT2D eigenvalue weighted by atomic mass is 35.5. The minimum Gasteiger partial charge on any atom is -0.444 e. The molecule has 22 heavy (non-hydrogen) atoms. The van der Waals surface area contributed by atoms with Crippen LogP contribution in [0.15, 0.2) is 17.6 Å². The van der Waals surface area contributed by atoms with Crippen molar-refractivity contribution in [3.8, 4) is 0 Å². The highest BCUT2D eigenvalue weighted by Crippen LogP contribution is 2.25. The molecule has 7 heteroatoms. The van der Waals surface area contributed by atoms with Gasteiger partial charge in [-0.2, -0.15) is 0 Å². The Kier molecular flexibility index (Phi) is 5.92. The maximum Gasteiger partial charge on any atom is 0.410 e. The molecule has 0 aliphatic carbocycles. The molecule has 1 saturated heterocycles. The molecule has 2 heterocycles. The largest absolute Gasteiger partial charge is 0.444 e. The maximum atomic E-state index is 12.0. The van der Waals surface area contributed by atoms with Crippen LogP contribution in [0.3, 0.4) is 0 Å². The number of hydrogen-bond acceptors (Lipinski definition) is 5. The summed E-state index contributed by atoms with van der Waals surface area (Å²) in [4.78, 5) is 22.2. The molecule has 0 bridgehead atoms. The summed E-state index contributed by atoms with van der Waals surface area (Å²) in [6, 6.07) is 0. The van der Waals surface area contributed by atoms with E-state index in [1.54, 1.807) is 29.1 Å². The van der Waals surface area contributed by atoms with Crippen molar-refractivity contribution >= 4 is 29.5 Å². The van der Waals surface area contributed by atoms with E-state index < -0.39 is 5.60 Å². The molecule has 0 aromatic carbocycles. The molecule has 0 atom stereocenters. The first-order valence-corrected chi connectivity index (χ1v) is 8.78. The third-order valence-corrected chi connectivity index (χ3v) is 4.61. The molecule has 0 saturated carbocycles. The second-order valence-corrected chi connectivity index (χ2v) is 7.83. The fourth-order valence-corrected chi connectivity index (χ4v) is 3.25. The Balaban J connectivity index is 1.73. The third-order valence-electron chi connectivity index (χ3n) is 3.31. The van der Waals surface area contributed by atoms with E-state index in [9.17, 15) is 4.79 Å². The molecule has 5 nitrogen and oxygen atoms in total. The Morgan fingerprint density at radius 2 is 1.95 bits per heavy atom. The lowest BCUT2D eigenvalue weighted by molar-refractivity contribution is 0.0191. The number of hydrogen-bond donors (Lipinski definition) is 0. The van der Waals surface area contributed by atoms with Crippen molar-refractivity contribution in [3.63, 3.8) is 0 Å². The maximum absolute atomic E-state index is 12.0. The minimum absolute atomic E-state index is 0.209. The molecule has 0 N–H and O–H groups in total. The first kappa shape index (κ1) is 17.3. The predicted octanol–water partition coefficient (Wildman–Crippen LogP) is 3.87. The van der Waals surface area contributed by atoms with E-state index >= 15 is 0 Å². The van der Waals surface area contributed by atoms with Gasteiger partial charge in [-0.05, 0) is 39.5 Å². The molecule has 1 aromatic rings. The fourth-order valence-electron chi connectivity index (χ4n) is 2.18. The first-order valence-electron chi connectivity index (χ1n) is 7.42. The van der Waals surface area contributed by atoms with Gasteiger partial charge < -0.3 is 9.64 Å². The lowest BCUT2D eigenvalue weighted by atomic mass is 9.99. The molecular formula is C15H22ClN3O2S. The molecule has 1 aromatic heterocycles. The van der Waals surface area contributed by atoms with Crippen molar-refractivity contribution in [1.29, 1.82) is 0 Å². The average Bonchev–Trinajstić information content (AvgIpc) is 2.45. The van der Waals surface area contributed by atoms with E-state index in [0.29, 0.717) is 10.9 Å². The van der Waals surface area contributed by atoms with E-state index in [4.69, 9.17) is 16.3 Å². The summed E-state index contributed by atoms with van der Waals surface area (Å²) >= 11 is 7.41. The number of thioether (sulfide) groups is 1. The summed E-state index contributed by atoms with van der Waals surface area (Å²) in [6.45, 7) is 7.17. The van der Waals surface area contributed by atoms with Crippen LogP contribution >= 0.6 is 23.4 Å². The highest BCUT2D eigenvalue weighted by molar-refractivity contribution is 7.99. The standard InChI is InChI=1S/C15H22ClN3O2S/c1-15(2,3)21-14(20)19-6-4-11(5-7-19)10-22-13-17-8-12(16)9-18-13/h8-9,11H,4-7,10H2,1-3H3. The van der Waals surface area contributed by atoms with Crippen LogP contribution in [-0.4, -0.2) is 45.4 Å². The molecule has 1 fully saturated rings. The zero-order valence-electron chi connectivity index (χ0n) is 13.2. The molecule has 1 amide bonds. The molecule has 0 spiro atoms. The topological polar surface area (TPSA) is 55.3 Å². The molecule has 0 unspecified atom stereocenters. The van der Waals surface area contributed by atoms with Crippen molar-refractivity contribution in [3.05, 3.63) is 17.4 Å². The van der Waals surface area contributed by atoms with Gasteiger partial charge in [0.2, 0.25) is 0 Å². The second-order valence-electron chi connectivity index (χ2n) is 6.41. The number of piperidine rings is 1. The van der Waals surface area contributed by atoms with Crippen LogP contribution < -0.4 is 0 Å². The van der Waals surface area contributed by atoms with Crippen molar-refractivity contribution in [2.45, 2.75) is 44.4 Å². The number of rotatable bonds is 3. The van der Waals surface area contributed by atoms with E-state index in [-0.39, 0.29) is 6.09 Å². The average molecular weight is 344 g/mol. The zero-order chi connectivity index (χ0) is 16.2. The summed E-state index contributed by atoms with van der Waals surface area (Å²) in [5.74, 6) is 1.53. The van der Waals surface area contributed by atoms with Gasteiger partial charge in [-0.25, -0.2) is 14.8 Å². The molecule has 1 aliphatic heterocycles. The number of ether oxygens (including phenoxy) is 1. The summed E-state index contributed by atoms with van der Waals surface area (Å²) in [6.07, 6.45) is 4.99. The quantitative estimate of drug-likeness (QED) is 0.616. The van der Waals surface area contributed by atoms with Crippen LogP contribution in [0.1, 0.15) is 33.6 Å². The van der Waals surface area contributed by atoms with Gasteiger partial charge in [0.1, 0.15) is 5.60 Å². The Labute approximate surface area is 140 Å². The van der Waals surface area contributed by atoms with Gasteiger partial charge in [0.15, 0.2) is 5.16 Å². The van der Waals surface area contributed by atoms with Crippen LogP contribution in [0, 0.1) is 5.92 Å². The number of nitrogens with zero attached hydrogens (tertiary/aromatic N) is 3. The Morgan fingerprint density at radius 3 is 2.50 bits per heavy atom. The van der Waals surface area contributed by atoms with Gasteiger partial charge in [-0.1, -0.05) is 23.4 Å². The summed E-state index contributed by atoms with van der Waals surface area (Å²) in [5.41, 5.74) is -0.435. The molecule has 0 radical (unpaired) electrons. The smallest absolute Gasteiger partial charge is 0.410 e. The number of halogens is 1. The van der Waals surface area contributed by atoms with Crippen molar-refractivity contribution in [1.82, 2.24) is 14.9 Å². The second kappa shape index (κ2) is 7.51. The predicted molar refractivity (Wildman–Crippen MR) is 88.3 cm³/mol. The summed E-state index contributed by atoms with van der Waals surface area (Å²) < 4.78 is 5.40. The molecular weight excluding hydrogens is 322 g/mol. The Morgan fingerprint density at radius 1 is 1.36 bits per heavy atom. The lowest BCUT2D eigenvalue weighted by Crippen LogP contribution is -2.42. The highest BCUT2D eigenvalue weighted by Gasteiger charge is 2.26. The number of carbonyl (C=O) groups excluding carboxylic acids is 1. The van der Waals surface area contributed by atoms with Crippen molar-refractivity contribution in [2.24, 2.45) is 5.92 Å². The van der Waals surface area contributed by atoms with Crippen molar-refractivity contribution in [2.75, 3.05) is 18.8 Å². The van der Waals surface area contributed by atoms with Gasteiger partial charge in [0, 0.05) is 18.8 Å². The third kappa shape index (κ3) is 5.65. The minimum atomic E-state index is -0.435. The van der Waals surface area contributed by atoms with Crippen LogP contribution in [0.2, 0.25) is 5.02 Å². The van der Waals surface area contributed by atoms with E-state index in [1.807, 2.05) is 20.8 Å². The Bertz CT molecular complexity index is 497. The summed E-state index contributed by atoms with van der Waals surface area (Å²) in [5, 5.41) is 1.30. The zero-order valence-corrected chi connectivity index (χ0v) is 14.8. The molecule has 2 rings (SSSR count). The number of carbonyl (C=O) groups is 1. The van der Waals surface area contributed by atoms with Crippen LogP contribution in [0.5, 0.6) is 0 Å². The first-order chi connectivity index (χ1) is 10.3. The van der Waals surface area contributed by atoms with E-state index in [2.05, 4.69) is 9.97 Å². The lowest BCUT2D eigenvalue weighted by Gasteiger charge is -2.33.